The quantitative estimate of drug-likeness (QED) is 0.611. The first kappa shape index (κ1) is 22.8. The van der Waals surface area contributed by atoms with Crippen molar-refractivity contribution in [1.29, 1.82) is 0 Å². The number of carbonyl (C=O) groups excluding carboxylic acids is 2. The highest BCUT2D eigenvalue weighted by Gasteiger charge is 2.19. The van der Waals surface area contributed by atoms with Crippen LogP contribution in [0.1, 0.15) is 15.9 Å². The number of nitrogens with zero attached hydrogens (tertiary/aromatic N) is 1. The summed E-state index contributed by atoms with van der Waals surface area (Å²) < 4.78 is 16.0. The van der Waals surface area contributed by atoms with E-state index in [9.17, 15) is 9.59 Å². The van der Waals surface area contributed by atoms with E-state index >= 15 is 0 Å². The first-order chi connectivity index (χ1) is 15.0. The van der Waals surface area contributed by atoms with Gasteiger partial charge in [0.15, 0.2) is 18.1 Å². The zero-order valence-corrected chi connectivity index (χ0v) is 18.5. The number of amides is 2. The molecule has 9 heteroatoms. The maximum Gasteiger partial charge on any atom is 0.255 e. The van der Waals surface area contributed by atoms with Crippen LogP contribution in [0.3, 0.4) is 0 Å². The van der Waals surface area contributed by atoms with Crippen LogP contribution in [0.2, 0.25) is 0 Å². The second-order valence-electron chi connectivity index (χ2n) is 7.01. The molecule has 0 spiro atoms. The van der Waals surface area contributed by atoms with Gasteiger partial charge in [0.25, 0.3) is 11.8 Å². The number of ether oxygens (including phenoxy) is 3. The van der Waals surface area contributed by atoms with Crippen molar-refractivity contribution in [3.63, 3.8) is 0 Å². The number of nitrogens with two attached hydrogens (primary N) is 1. The highest BCUT2D eigenvalue weighted by Crippen LogP contribution is 2.38. The Balaban J connectivity index is 1.75. The molecule has 1 heterocycles. The van der Waals surface area contributed by atoms with Crippen molar-refractivity contribution in [3.05, 3.63) is 47.5 Å². The molecule has 0 unspecified atom stereocenters. The van der Waals surface area contributed by atoms with Crippen molar-refractivity contribution >= 4 is 29.3 Å². The van der Waals surface area contributed by atoms with Crippen LogP contribution >= 0.6 is 11.8 Å². The van der Waals surface area contributed by atoms with E-state index in [1.54, 1.807) is 0 Å². The topological polar surface area (TPSA) is 103 Å². The number of thioether (sulfide) groups is 1. The Kier molecular flexibility index (Phi) is 8.02. The van der Waals surface area contributed by atoms with Crippen molar-refractivity contribution in [3.8, 4) is 17.2 Å². The summed E-state index contributed by atoms with van der Waals surface area (Å²) in [6.45, 7) is 2.68. The van der Waals surface area contributed by atoms with E-state index in [0.29, 0.717) is 11.3 Å². The molecule has 166 valence electrons. The fourth-order valence-corrected chi connectivity index (χ4v) is 4.24. The van der Waals surface area contributed by atoms with E-state index in [2.05, 4.69) is 16.3 Å². The second-order valence-corrected chi connectivity index (χ2v) is 8.23. The molecule has 1 saturated heterocycles. The average Bonchev–Trinajstić information content (AvgIpc) is 2.77. The largest absolute Gasteiger partial charge is 0.493 e. The van der Waals surface area contributed by atoms with Gasteiger partial charge in [0, 0.05) is 42.4 Å². The molecule has 1 fully saturated rings. The number of hydrogen-bond donors (Lipinski definition) is 2. The molecule has 2 amide bonds. The molecule has 3 rings (SSSR count). The third-order valence-corrected chi connectivity index (χ3v) is 5.72. The summed E-state index contributed by atoms with van der Waals surface area (Å²) in [6, 6.07) is 10.9. The van der Waals surface area contributed by atoms with Crippen LogP contribution < -0.4 is 25.3 Å². The summed E-state index contributed by atoms with van der Waals surface area (Å²) in [7, 11) is 2.88. The van der Waals surface area contributed by atoms with Crippen LogP contribution in [0.4, 0.5) is 5.69 Å². The van der Waals surface area contributed by atoms with E-state index in [-0.39, 0.29) is 29.8 Å². The van der Waals surface area contributed by atoms with Gasteiger partial charge in [-0.05, 0) is 29.8 Å². The Bertz CT molecular complexity index is 906. The Morgan fingerprint density at radius 3 is 2.39 bits per heavy atom. The van der Waals surface area contributed by atoms with Gasteiger partial charge < -0.3 is 25.3 Å². The summed E-state index contributed by atoms with van der Waals surface area (Å²) in [4.78, 5) is 26.3. The molecule has 1 aliphatic heterocycles. The molecule has 1 aliphatic rings. The monoisotopic (exact) mass is 445 g/mol. The van der Waals surface area contributed by atoms with Crippen LogP contribution in [0.15, 0.2) is 36.4 Å². The van der Waals surface area contributed by atoms with E-state index in [0.717, 1.165) is 36.7 Å². The lowest BCUT2D eigenvalue weighted by molar-refractivity contribution is -0.120. The molecular weight excluding hydrogens is 418 g/mol. The van der Waals surface area contributed by atoms with Crippen molar-refractivity contribution in [2.75, 3.05) is 50.7 Å². The lowest BCUT2D eigenvalue weighted by Crippen LogP contribution is -2.31. The lowest BCUT2D eigenvalue weighted by Gasteiger charge is -2.26. The van der Waals surface area contributed by atoms with Gasteiger partial charge in [0.05, 0.1) is 14.2 Å². The first-order valence-corrected chi connectivity index (χ1v) is 11.0. The van der Waals surface area contributed by atoms with Gasteiger partial charge in [0.1, 0.15) is 0 Å². The minimum atomic E-state index is -0.630. The summed E-state index contributed by atoms with van der Waals surface area (Å²) in [5.41, 5.74) is 7.33. The third-order valence-electron chi connectivity index (χ3n) is 4.78. The second kappa shape index (κ2) is 10.9. The Morgan fingerprint density at radius 2 is 1.77 bits per heavy atom. The average molecular weight is 446 g/mol. The summed E-state index contributed by atoms with van der Waals surface area (Å²) >= 11 is 1.98. The maximum atomic E-state index is 12.9. The van der Waals surface area contributed by atoms with Gasteiger partial charge in [-0.1, -0.05) is 12.1 Å². The van der Waals surface area contributed by atoms with Crippen LogP contribution in [0, 0.1) is 0 Å². The number of hydrogen-bond acceptors (Lipinski definition) is 7. The van der Waals surface area contributed by atoms with Gasteiger partial charge in [-0.3, -0.25) is 14.5 Å². The minimum absolute atomic E-state index is 0.210. The van der Waals surface area contributed by atoms with Gasteiger partial charge in [-0.15, -0.1) is 0 Å². The molecule has 0 atom stereocenters. The van der Waals surface area contributed by atoms with Gasteiger partial charge in [-0.2, -0.15) is 11.8 Å². The standard InChI is InChI=1S/C22H27N3O5S/c1-28-18-11-16(12-19(29-2)21(18)30-14-20(23)26)22(27)24-17-5-3-4-15(10-17)13-25-6-8-31-9-7-25/h3-5,10-12H,6-9,13-14H2,1-2H3,(H2,23,26)(H,24,27). The zero-order chi connectivity index (χ0) is 22.2. The summed E-state index contributed by atoms with van der Waals surface area (Å²) in [5.74, 6) is 2.10. The molecule has 0 aliphatic carbocycles. The molecule has 31 heavy (non-hydrogen) atoms. The zero-order valence-electron chi connectivity index (χ0n) is 17.7. The number of nitrogens with one attached hydrogen (secondary N) is 1. The SMILES string of the molecule is COc1cc(C(=O)Nc2cccc(CN3CCSCC3)c2)cc(OC)c1OCC(N)=O. The van der Waals surface area contributed by atoms with E-state index < -0.39 is 5.91 Å². The molecule has 2 aromatic rings. The van der Waals surface area contributed by atoms with Crippen molar-refractivity contribution in [2.24, 2.45) is 5.73 Å². The van der Waals surface area contributed by atoms with E-state index in [1.165, 1.54) is 26.4 Å². The summed E-state index contributed by atoms with van der Waals surface area (Å²) in [5, 5.41) is 2.92. The fraction of sp³-hybridized carbons (Fsp3) is 0.364. The molecule has 0 bridgehead atoms. The number of carbonyl (C=O) groups is 2. The highest BCUT2D eigenvalue weighted by molar-refractivity contribution is 7.99. The van der Waals surface area contributed by atoms with Crippen molar-refractivity contribution in [2.45, 2.75) is 6.54 Å². The first-order valence-electron chi connectivity index (χ1n) is 9.87. The molecule has 0 saturated carbocycles. The molecular formula is C22H27N3O5S. The van der Waals surface area contributed by atoms with Gasteiger partial charge in [-0.25, -0.2) is 0 Å². The number of methoxy groups -OCH3 is 2. The van der Waals surface area contributed by atoms with Crippen LogP contribution in [0.25, 0.3) is 0 Å². The molecule has 3 N–H and O–H groups in total. The summed E-state index contributed by atoms with van der Waals surface area (Å²) in [6.07, 6.45) is 0. The number of benzene rings is 2. The molecule has 0 radical (unpaired) electrons. The lowest BCUT2D eigenvalue weighted by atomic mass is 10.1. The number of primary amides is 1. The Morgan fingerprint density at radius 1 is 1.10 bits per heavy atom. The fourth-order valence-electron chi connectivity index (χ4n) is 3.26. The van der Waals surface area contributed by atoms with Crippen molar-refractivity contribution < 1.29 is 23.8 Å². The number of rotatable bonds is 9. The third kappa shape index (κ3) is 6.28. The van der Waals surface area contributed by atoms with E-state index in [1.807, 2.05) is 30.0 Å². The Hall–Kier alpha value is -2.91. The number of anilines is 1. The van der Waals surface area contributed by atoms with Crippen LogP contribution in [-0.4, -0.2) is 62.1 Å². The van der Waals surface area contributed by atoms with E-state index in [4.69, 9.17) is 19.9 Å². The maximum absolute atomic E-state index is 12.9. The molecule has 8 nitrogen and oxygen atoms in total. The van der Waals surface area contributed by atoms with Gasteiger partial charge in [0.2, 0.25) is 5.75 Å². The molecule has 0 aromatic heterocycles. The van der Waals surface area contributed by atoms with Crippen LogP contribution in [-0.2, 0) is 11.3 Å². The van der Waals surface area contributed by atoms with Gasteiger partial charge >= 0.3 is 0 Å². The predicted molar refractivity (Wildman–Crippen MR) is 121 cm³/mol. The Labute approximate surface area is 186 Å². The minimum Gasteiger partial charge on any atom is -0.493 e. The highest BCUT2D eigenvalue weighted by atomic mass is 32.2. The smallest absolute Gasteiger partial charge is 0.255 e. The van der Waals surface area contributed by atoms with Crippen LogP contribution in [0.5, 0.6) is 17.2 Å². The normalized spacial score (nSPS) is 14.0. The van der Waals surface area contributed by atoms with Crippen molar-refractivity contribution in [1.82, 2.24) is 4.90 Å². The predicted octanol–water partition coefficient (Wildman–Crippen LogP) is 2.37. The molecule has 2 aromatic carbocycles.